The van der Waals surface area contributed by atoms with Crippen LogP contribution in [0.3, 0.4) is 0 Å². The molecule has 0 bridgehead atoms. The van der Waals surface area contributed by atoms with Gasteiger partial charge < -0.3 is 15.5 Å². The lowest BCUT2D eigenvalue weighted by atomic mass is 10.2. The molecule has 1 aromatic carbocycles. The average Bonchev–Trinajstić information content (AvgIpc) is 2.32. The van der Waals surface area contributed by atoms with Gasteiger partial charge in [0.2, 0.25) is 0 Å². The minimum Gasteiger partial charge on any atom is -0.504 e. The maximum Gasteiger partial charge on any atom is 0.251 e. The van der Waals surface area contributed by atoms with Gasteiger partial charge in [-0.25, -0.2) is 0 Å². The maximum absolute atomic E-state index is 11.6. The van der Waals surface area contributed by atoms with Crippen molar-refractivity contribution in [2.75, 3.05) is 18.1 Å². The average molecular weight is 253 g/mol. The van der Waals surface area contributed by atoms with Crippen molar-refractivity contribution >= 4 is 17.7 Å². The molecular formula is C12H15NO3S. The molecule has 0 atom stereocenters. The summed E-state index contributed by atoms with van der Waals surface area (Å²) in [5.74, 6) is 0.874. The van der Waals surface area contributed by atoms with Gasteiger partial charge in [-0.05, 0) is 18.2 Å². The van der Waals surface area contributed by atoms with Gasteiger partial charge >= 0.3 is 0 Å². The highest BCUT2D eigenvalue weighted by Gasteiger charge is 2.07. The predicted octanol–water partition coefficient (Wildman–Crippen LogP) is 1.75. The molecule has 0 unspecified atom stereocenters. The summed E-state index contributed by atoms with van der Waals surface area (Å²) < 4.78 is 0. The Balaban J connectivity index is 2.41. The second-order valence-corrected chi connectivity index (χ2v) is 4.47. The summed E-state index contributed by atoms with van der Waals surface area (Å²) in [7, 11) is 0. The standard InChI is InChI=1S/C12H15NO3S/c1-2-6-17-7-5-13-12(16)9-3-4-10(14)11(15)8-9/h2-4,8,14-15H,1,5-7H2,(H,13,16). The van der Waals surface area contributed by atoms with E-state index in [9.17, 15) is 9.90 Å². The first-order valence-electron chi connectivity index (χ1n) is 5.14. The number of hydrogen-bond acceptors (Lipinski definition) is 4. The van der Waals surface area contributed by atoms with Crippen LogP contribution in [-0.4, -0.2) is 34.2 Å². The Kier molecular flexibility index (Phi) is 5.42. The van der Waals surface area contributed by atoms with Gasteiger partial charge in [-0.1, -0.05) is 6.08 Å². The van der Waals surface area contributed by atoms with Crippen LogP contribution in [0, 0.1) is 0 Å². The van der Waals surface area contributed by atoms with E-state index in [1.54, 1.807) is 11.8 Å². The molecular weight excluding hydrogens is 238 g/mol. The molecule has 17 heavy (non-hydrogen) atoms. The van der Waals surface area contributed by atoms with Crippen LogP contribution in [0.25, 0.3) is 0 Å². The second kappa shape index (κ2) is 6.85. The van der Waals surface area contributed by atoms with E-state index in [2.05, 4.69) is 11.9 Å². The normalized spacial score (nSPS) is 9.88. The van der Waals surface area contributed by atoms with E-state index in [0.717, 1.165) is 11.5 Å². The van der Waals surface area contributed by atoms with Crippen molar-refractivity contribution in [3.8, 4) is 11.5 Å². The largest absolute Gasteiger partial charge is 0.504 e. The summed E-state index contributed by atoms with van der Waals surface area (Å²) in [6.07, 6.45) is 1.81. The van der Waals surface area contributed by atoms with Crippen LogP contribution in [0.2, 0.25) is 0 Å². The summed E-state index contributed by atoms with van der Waals surface area (Å²) in [6.45, 7) is 4.15. The van der Waals surface area contributed by atoms with E-state index in [1.807, 2.05) is 6.08 Å². The number of rotatable bonds is 6. The highest BCUT2D eigenvalue weighted by atomic mass is 32.2. The third kappa shape index (κ3) is 4.40. The topological polar surface area (TPSA) is 69.6 Å². The van der Waals surface area contributed by atoms with Crippen LogP contribution >= 0.6 is 11.8 Å². The Hall–Kier alpha value is -1.62. The summed E-state index contributed by atoms with van der Waals surface area (Å²) in [4.78, 5) is 11.6. The minimum absolute atomic E-state index is 0.233. The number of benzene rings is 1. The quantitative estimate of drug-likeness (QED) is 0.410. The van der Waals surface area contributed by atoms with E-state index in [0.29, 0.717) is 12.1 Å². The van der Waals surface area contributed by atoms with Gasteiger partial charge in [-0.2, -0.15) is 11.8 Å². The molecule has 0 aliphatic rings. The smallest absolute Gasteiger partial charge is 0.251 e. The van der Waals surface area contributed by atoms with Gasteiger partial charge in [0.1, 0.15) is 0 Å². The molecule has 0 aliphatic heterocycles. The molecule has 1 rings (SSSR count). The third-order valence-corrected chi connectivity index (χ3v) is 2.97. The lowest BCUT2D eigenvalue weighted by Crippen LogP contribution is -2.25. The second-order valence-electron chi connectivity index (χ2n) is 3.32. The zero-order valence-electron chi connectivity index (χ0n) is 9.35. The fraction of sp³-hybridized carbons (Fsp3) is 0.250. The molecule has 0 fully saturated rings. The van der Waals surface area contributed by atoms with Gasteiger partial charge in [0.05, 0.1) is 0 Å². The Morgan fingerprint density at radius 3 is 2.82 bits per heavy atom. The molecule has 92 valence electrons. The number of carbonyl (C=O) groups is 1. The fourth-order valence-electron chi connectivity index (χ4n) is 1.17. The SMILES string of the molecule is C=CCSCCNC(=O)c1ccc(O)c(O)c1. The van der Waals surface area contributed by atoms with Gasteiger partial charge in [0, 0.05) is 23.6 Å². The Morgan fingerprint density at radius 2 is 2.18 bits per heavy atom. The van der Waals surface area contributed by atoms with Crippen LogP contribution in [0.5, 0.6) is 11.5 Å². The molecule has 0 aromatic heterocycles. The highest BCUT2D eigenvalue weighted by molar-refractivity contribution is 7.99. The van der Waals surface area contributed by atoms with Gasteiger partial charge in [-0.15, -0.1) is 6.58 Å². The monoisotopic (exact) mass is 253 g/mol. The Morgan fingerprint density at radius 1 is 1.41 bits per heavy atom. The zero-order valence-corrected chi connectivity index (χ0v) is 10.2. The number of nitrogens with one attached hydrogen (secondary N) is 1. The number of phenolic OH excluding ortho intramolecular Hbond substituents is 2. The molecule has 0 radical (unpaired) electrons. The van der Waals surface area contributed by atoms with Gasteiger partial charge in [0.25, 0.3) is 5.91 Å². The zero-order chi connectivity index (χ0) is 12.7. The lowest BCUT2D eigenvalue weighted by molar-refractivity contribution is 0.0956. The van der Waals surface area contributed by atoms with Gasteiger partial charge in [0.15, 0.2) is 11.5 Å². The van der Waals surface area contributed by atoms with Crippen molar-refractivity contribution in [1.29, 1.82) is 0 Å². The van der Waals surface area contributed by atoms with Crippen molar-refractivity contribution < 1.29 is 15.0 Å². The molecule has 5 heteroatoms. The Labute approximate surface area is 104 Å². The molecule has 0 saturated carbocycles. The molecule has 0 heterocycles. The van der Waals surface area contributed by atoms with Crippen LogP contribution in [-0.2, 0) is 0 Å². The van der Waals surface area contributed by atoms with Crippen molar-refractivity contribution in [2.45, 2.75) is 0 Å². The van der Waals surface area contributed by atoms with Crippen LogP contribution in [0.1, 0.15) is 10.4 Å². The number of aromatic hydroxyl groups is 2. The molecule has 0 spiro atoms. The number of amides is 1. The first-order chi connectivity index (χ1) is 8.15. The van der Waals surface area contributed by atoms with E-state index in [1.165, 1.54) is 18.2 Å². The summed E-state index contributed by atoms with van der Waals surface area (Å²) in [5.41, 5.74) is 0.328. The first-order valence-corrected chi connectivity index (χ1v) is 6.29. The number of thioether (sulfide) groups is 1. The van der Waals surface area contributed by atoms with Crippen molar-refractivity contribution in [3.63, 3.8) is 0 Å². The van der Waals surface area contributed by atoms with E-state index in [4.69, 9.17) is 5.11 Å². The molecule has 1 amide bonds. The van der Waals surface area contributed by atoms with E-state index in [-0.39, 0.29) is 17.4 Å². The molecule has 0 saturated heterocycles. The van der Waals surface area contributed by atoms with Crippen molar-refractivity contribution in [3.05, 3.63) is 36.4 Å². The van der Waals surface area contributed by atoms with Crippen molar-refractivity contribution in [1.82, 2.24) is 5.32 Å². The number of carbonyl (C=O) groups excluding carboxylic acids is 1. The fourth-order valence-corrected chi connectivity index (χ4v) is 1.75. The Bertz CT molecular complexity index is 407. The van der Waals surface area contributed by atoms with E-state index >= 15 is 0 Å². The third-order valence-electron chi connectivity index (χ3n) is 2.01. The molecule has 4 nitrogen and oxygen atoms in total. The summed E-state index contributed by atoms with van der Waals surface area (Å²) in [6, 6.07) is 3.99. The van der Waals surface area contributed by atoms with E-state index < -0.39 is 0 Å². The van der Waals surface area contributed by atoms with Crippen LogP contribution < -0.4 is 5.32 Å². The summed E-state index contributed by atoms with van der Waals surface area (Å²) >= 11 is 1.67. The predicted molar refractivity (Wildman–Crippen MR) is 69.6 cm³/mol. The number of phenols is 2. The van der Waals surface area contributed by atoms with Crippen molar-refractivity contribution in [2.24, 2.45) is 0 Å². The number of hydrogen-bond donors (Lipinski definition) is 3. The summed E-state index contributed by atoms with van der Waals surface area (Å²) in [5, 5.41) is 21.1. The molecule has 3 N–H and O–H groups in total. The first kappa shape index (κ1) is 13.4. The molecule has 1 aromatic rings. The maximum atomic E-state index is 11.6. The van der Waals surface area contributed by atoms with Crippen LogP contribution in [0.15, 0.2) is 30.9 Å². The lowest BCUT2D eigenvalue weighted by Gasteiger charge is -2.05. The van der Waals surface area contributed by atoms with Gasteiger partial charge in [-0.3, -0.25) is 4.79 Å². The van der Waals surface area contributed by atoms with Crippen LogP contribution in [0.4, 0.5) is 0 Å². The highest BCUT2D eigenvalue weighted by Crippen LogP contribution is 2.24. The molecule has 0 aliphatic carbocycles. The minimum atomic E-state index is -0.293.